The van der Waals surface area contributed by atoms with Crippen LogP contribution in [0, 0.1) is 11.8 Å². The maximum Gasteiger partial charge on any atom is 0.248 e. The summed E-state index contributed by atoms with van der Waals surface area (Å²) < 4.78 is -1.29. The lowest BCUT2D eigenvalue weighted by Gasteiger charge is -2.37. The van der Waals surface area contributed by atoms with Gasteiger partial charge in [0.1, 0.15) is 6.04 Å². The number of rotatable bonds is 8. The number of aliphatic hydroxyl groups is 1. The average molecular weight is 606 g/mol. The highest BCUT2D eigenvalue weighted by Gasteiger charge is 2.77. The van der Waals surface area contributed by atoms with E-state index < -0.39 is 33.4 Å². The van der Waals surface area contributed by atoms with Gasteiger partial charge in [0, 0.05) is 17.0 Å². The molecule has 3 aliphatic rings. The molecular weight excluding hydrogens is 570 g/mol. The Bertz CT molecular complexity index is 1730. The number of carbonyl (C=O) groups is 3. The number of amides is 3. The van der Waals surface area contributed by atoms with Gasteiger partial charge in [0.25, 0.3) is 0 Å². The third kappa shape index (κ3) is 4.59. The molecule has 0 aliphatic carbocycles. The molecule has 3 fully saturated rings. The van der Waals surface area contributed by atoms with Crippen molar-refractivity contribution in [3.8, 4) is 0 Å². The van der Waals surface area contributed by atoms with E-state index in [1.54, 1.807) is 16.7 Å². The van der Waals surface area contributed by atoms with Crippen LogP contribution in [-0.2, 0) is 20.9 Å². The summed E-state index contributed by atoms with van der Waals surface area (Å²) >= 11 is 1.62. The number of thioether (sulfide) groups is 1. The number of likely N-dealkylation sites (tertiary alicyclic amines) is 1. The number of carbonyl (C=O) groups excluding carboxylic acids is 3. The second-order valence-corrected chi connectivity index (χ2v) is 14.2. The predicted octanol–water partition coefficient (Wildman–Crippen LogP) is 5.31. The lowest BCUT2D eigenvalue weighted by atomic mass is 9.66. The summed E-state index contributed by atoms with van der Waals surface area (Å²) in [5.74, 6) is -2.00. The zero-order valence-electron chi connectivity index (χ0n) is 24.5. The molecule has 3 amide bonds. The van der Waals surface area contributed by atoms with Gasteiger partial charge in [-0.25, -0.2) is 0 Å². The largest absolute Gasteiger partial charge is 0.394 e. The number of nitrogens with zero attached hydrogens (tertiary/aromatic N) is 1. The fourth-order valence-electron chi connectivity index (χ4n) is 7.80. The molecule has 0 aromatic heterocycles. The molecule has 8 heteroatoms. The lowest BCUT2D eigenvalue weighted by Crippen LogP contribution is -2.53. The van der Waals surface area contributed by atoms with E-state index in [1.165, 1.54) is 0 Å². The topological polar surface area (TPSA) is 98.7 Å². The highest BCUT2D eigenvalue weighted by Crippen LogP contribution is 2.72. The molecule has 4 aromatic carbocycles. The summed E-state index contributed by atoms with van der Waals surface area (Å²) in [6.45, 7) is 2.09. The van der Waals surface area contributed by atoms with E-state index in [1.807, 2.05) is 103 Å². The van der Waals surface area contributed by atoms with Crippen LogP contribution in [-0.4, -0.2) is 49.9 Å². The van der Waals surface area contributed by atoms with E-state index in [-0.39, 0.29) is 24.3 Å². The van der Waals surface area contributed by atoms with Crippen LogP contribution in [0.15, 0.2) is 103 Å². The molecule has 224 valence electrons. The second-order valence-electron chi connectivity index (χ2n) is 12.3. The number of anilines is 1. The number of benzene rings is 4. The molecule has 3 N–H and O–H groups in total. The van der Waals surface area contributed by atoms with Gasteiger partial charge in [0.2, 0.25) is 17.7 Å². The molecule has 3 aliphatic heterocycles. The van der Waals surface area contributed by atoms with Crippen molar-refractivity contribution in [2.45, 2.75) is 47.9 Å². The van der Waals surface area contributed by atoms with Gasteiger partial charge >= 0.3 is 0 Å². The highest BCUT2D eigenvalue weighted by atomic mass is 32.2. The fraction of sp³-hybridized carbons (Fsp3) is 0.306. The van der Waals surface area contributed by atoms with Crippen LogP contribution in [0.5, 0.6) is 0 Å². The summed E-state index contributed by atoms with van der Waals surface area (Å²) in [6.07, 6.45) is 1.35. The Labute approximate surface area is 261 Å². The van der Waals surface area contributed by atoms with E-state index in [0.29, 0.717) is 25.1 Å². The maximum absolute atomic E-state index is 14.7. The molecule has 0 saturated carbocycles. The molecule has 44 heavy (non-hydrogen) atoms. The first kappa shape index (κ1) is 28.6. The third-order valence-corrected chi connectivity index (χ3v) is 11.8. The number of hydrogen-bond donors (Lipinski definition) is 3. The van der Waals surface area contributed by atoms with Gasteiger partial charge in [0.15, 0.2) is 0 Å². The van der Waals surface area contributed by atoms with Gasteiger partial charge in [-0.15, -0.1) is 11.8 Å². The predicted molar refractivity (Wildman–Crippen MR) is 173 cm³/mol. The molecule has 4 aromatic rings. The highest BCUT2D eigenvalue weighted by molar-refractivity contribution is 8.02. The second kappa shape index (κ2) is 11.1. The van der Waals surface area contributed by atoms with E-state index in [9.17, 15) is 19.5 Å². The Hall–Kier alpha value is -4.14. The van der Waals surface area contributed by atoms with E-state index in [0.717, 1.165) is 21.9 Å². The van der Waals surface area contributed by atoms with Crippen molar-refractivity contribution in [3.63, 3.8) is 0 Å². The number of nitrogens with one attached hydrogen (secondary N) is 2. The molecule has 2 unspecified atom stereocenters. The lowest BCUT2D eigenvalue weighted by molar-refractivity contribution is -0.142. The number of hydrogen-bond acceptors (Lipinski definition) is 5. The van der Waals surface area contributed by atoms with Crippen molar-refractivity contribution in [2.75, 3.05) is 11.9 Å². The van der Waals surface area contributed by atoms with Crippen LogP contribution < -0.4 is 10.6 Å². The SMILES string of the molecule is C[C@@]12CCC3(S1)C(C(=O)Nc1ccc4ccccc4c1)N([C@H](CO)c1ccccc1)C(=O)[C@@H]3[C@@H]2C(=O)NCc1ccccc1. The minimum atomic E-state index is -0.873. The molecule has 2 bridgehead atoms. The van der Waals surface area contributed by atoms with Crippen LogP contribution in [0.2, 0.25) is 0 Å². The average Bonchev–Trinajstić information content (AvgIpc) is 3.62. The molecule has 0 radical (unpaired) electrons. The Morgan fingerprint density at radius 3 is 2.32 bits per heavy atom. The van der Waals surface area contributed by atoms with Crippen LogP contribution in [0.4, 0.5) is 5.69 Å². The first-order valence-corrected chi connectivity index (χ1v) is 16.0. The first-order chi connectivity index (χ1) is 21.3. The van der Waals surface area contributed by atoms with Crippen molar-refractivity contribution in [1.82, 2.24) is 10.2 Å². The van der Waals surface area contributed by atoms with Crippen molar-refractivity contribution in [2.24, 2.45) is 11.8 Å². The summed E-state index contributed by atoms with van der Waals surface area (Å²) in [5, 5.41) is 19.0. The Morgan fingerprint density at radius 1 is 0.909 bits per heavy atom. The zero-order chi connectivity index (χ0) is 30.5. The minimum absolute atomic E-state index is 0.167. The van der Waals surface area contributed by atoms with Gasteiger partial charge in [-0.05, 0) is 53.8 Å². The van der Waals surface area contributed by atoms with Crippen LogP contribution in [0.3, 0.4) is 0 Å². The maximum atomic E-state index is 14.7. The van der Waals surface area contributed by atoms with Crippen molar-refractivity contribution < 1.29 is 19.5 Å². The summed E-state index contributed by atoms with van der Waals surface area (Å²) in [6, 6.07) is 31.2. The Morgan fingerprint density at radius 2 is 1.59 bits per heavy atom. The third-order valence-electron chi connectivity index (χ3n) is 9.76. The summed E-state index contributed by atoms with van der Waals surface area (Å²) in [5.41, 5.74) is 2.37. The monoisotopic (exact) mass is 605 g/mol. The Kier molecular flexibility index (Phi) is 7.22. The van der Waals surface area contributed by atoms with Crippen molar-refractivity contribution in [3.05, 3.63) is 114 Å². The van der Waals surface area contributed by atoms with Crippen molar-refractivity contribution in [1.29, 1.82) is 0 Å². The molecule has 1 spiro atoms. The number of fused-ring (bicyclic) bond motifs is 2. The Balaban J connectivity index is 1.27. The molecule has 3 heterocycles. The van der Waals surface area contributed by atoms with Crippen LogP contribution >= 0.6 is 11.8 Å². The zero-order valence-corrected chi connectivity index (χ0v) is 25.3. The summed E-state index contributed by atoms with van der Waals surface area (Å²) in [7, 11) is 0. The standard InChI is InChI=1S/C36H35N3O4S/c1-35-18-19-36(44-35)30(29(35)32(41)37-21-23-10-4-2-5-11-23)34(43)39(28(22-40)25-13-6-3-7-14-25)31(36)33(42)38-27-17-16-24-12-8-9-15-26(24)20-27/h2-17,20,28-31,40H,18-19,21-22H2,1H3,(H,37,41)(H,38,42)/t28-,29-,30+,31?,35+,36?/m1/s1. The van der Waals surface area contributed by atoms with Crippen molar-refractivity contribution >= 4 is 45.9 Å². The first-order valence-electron chi connectivity index (χ1n) is 15.1. The molecule has 6 atom stereocenters. The minimum Gasteiger partial charge on any atom is -0.394 e. The van der Waals surface area contributed by atoms with Crippen LogP contribution in [0.1, 0.15) is 36.9 Å². The molecule has 3 saturated heterocycles. The van der Waals surface area contributed by atoms with Gasteiger partial charge in [0.05, 0.1) is 29.2 Å². The smallest absolute Gasteiger partial charge is 0.248 e. The van der Waals surface area contributed by atoms with Gasteiger partial charge < -0.3 is 20.6 Å². The van der Waals surface area contributed by atoms with E-state index >= 15 is 0 Å². The molecule has 7 nitrogen and oxygen atoms in total. The van der Waals surface area contributed by atoms with E-state index in [4.69, 9.17) is 0 Å². The molecular formula is C36H35N3O4S. The van der Waals surface area contributed by atoms with E-state index in [2.05, 4.69) is 17.6 Å². The van der Waals surface area contributed by atoms with Gasteiger partial charge in [-0.2, -0.15) is 0 Å². The molecule has 7 rings (SSSR count). The fourth-order valence-corrected chi connectivity index (χ4v) is 10.1. The number of aliphatic hydroxyl groups excluding tert-OH is 1. The van der Waals surface area contributed by atoms with Gasteiger partial charge in [-0.3, -0.25) is 14.4 Å². The van der Waals surface area contributed by atoms with Gasteiger partial charge in [-0.1, -0.05) is 91.0 Å². The van der Waals surface area contributed by atoms with Crippen LogP contribution in [0.25, 0.3) is 10.8 Å². The summed E-state index contributed by atoms with van der Waals surface area (Å²) in [4.78, 5) is 44.7. The normalized spacial score (nSPS) is 27.7. The quantitative estimate of drug-likeness (QED) is 0.253.